The Balaban J connectivity index is 0.000000640. The number of halogens is 3. The van der Waals surface area contributed by atoms with Gasteiger partial charge in [-0.05, 0) is 6.42 Å². The summed E-state index contributed by atoms with van der Waals surface area (Å²) in [5.74, 6) is 0.936. The van der Waals surface area contributed by atoms with Gasteiger partial charge in [-0.25, -0.2) is 9.97 Å². The molecule has 3 saturated heterocycles. The van der Waals surface area contributed by atoms with Crippen LogP contribution in [0.3, 0.4) is 0 Å². The third-order valence-corrected chi connectivity index (χ3v) is 3.05. The van der Waals surface area contributed by atoms with Crippen molar-refractivity contribution in [1.82, 2.24) is 15.3 Å². The van der Waals surface area contributed by atoms with Crippen molar-refractivity contribution >= 4 is 42.2 Å². The second-order valence-electron chi connectivity index (χ2n) is 3.90. The maximum atomic E-state index is 5.68. The first-order valence-electron chi connectivity index (χ1n) is 4.80. The third-order valence-electron chi connectivity index (χ3n) is 2.85. The maximum absolute atomic E-state index is 5.68. The zero-order chi connectivity index (χ0) is 9.54. The normalized spacial score (nSPS) is 26.2. The number of nitrogens with one attached hydrogen (secondary N) is 1. The summed E-state index contributed by atoms with van der Waals surface area (Å²) < 4.78 is 0. The summed E-state index contributed by atoms with van der Waals surface area (Å²) in [6.07, 6.45) is 4.65. The second-order valence-corrected chi connectivity index (χ2v) is 4.29. The van der Waals surface area contributed by atoms with E-state index in [1.807, 2.05) is 0 Å². The minimum atomic E-state index is 0. The smallest absolute Gasteiger partial charge is 0.147 e. The zero-order valence-corrected chi connectivity index (χ0v) is 10.9. The van der Waals surface area contributed by atoms with Crippen LogP contribution < -0.4 is 10.2 Å². The average Bonchev–Trinajstić information content (AvgIpc) is 2.18. The number of aromatic nitrogens is 2. The van der Waals surface area contributed by atoms with Gasteiger partial charge in [0.15, 0.2) is 0 Å². The standard InChI is InChI=1S/C9H11ClN4.2ClH/c10-8-2-12-9(3-11-8)14-4-6-1-7(5-14)13-6;;/h2-3,6-7,13H,1,4-5H2;2*1H. The molecule has 2 atom stereocenters. The highest BCUT2D eigenvalue weighted by atomic mass is 35.5. The minimum absolute atomic E-state index is 0. The quantitative estimate of drug-likeness (QED) is 0.848. The highest BCUT2D eigenvalue weighted by molar-refractivity contribution is 6.29. The number of piperidine rings is 1. The highest BCUT2D eigenvalue weighted by Crippen LogP contribution is 2.24. The molecule has 7 heteroatoms. The van der Waals surface area contributed by atoms with Crippen LogP contribution in [-0.4, -0.2) is 35.1 Å². The van der Waals surface area contributed by atoms with Crippen LogP contribution in [0.2, 0.25) is 5.15 Å². The van der Waals surface area contributed by atoms with Gasteiger partial charge in [0.2, 0.25) is 0 Å². The molecule has 0 radical (unpaired) electrons. The van der Waals surface area contributed by atoms with E-state index in [1.54, 1.807) is 12.4 Å². The Morgan fingerprint density at radius 2 is 1.81 bits per heavy atom. The van der Waals surface area contributed by atoms with Crippen molar-refractivity contribution in [1.29, 1.82) is 0 Å². The summed E-state index contributed by atoms with van der Waals surface area (Å²) in [7, 11) is 0. The Morgan fingerprint density at radius 3 is 2.31 bits per heavy atom. The number of hydrogen-bond acceptors (Lipinski definition) is 4. The van der Waals surface area contributed by atoms with Gasteiger partial charge in [0.05, 0.1) is 12.4 Å². The molecule has 4 heterocycles. The lowest BCUT2D eigenvalue weighted by atomic mass is 9.91. The first-order valence-corrected chi connectivity index (χ1v) is 5.17. The Hall–Kier alpha value is -0.290. The molecule has 90 valence electrons. The molecule has 3 fully saturated rings. The number of anilines is 1. The summed E-state index contributed by atoms with van der Waals surface area (Å²) in [6, 6.07) is 1.29. The first-order chi connectivity index (χ1) is 6.81. The van der Waals surface area contributed by atoms with Crippen LogP contribution in [0.1, 0.15) is 6.42 Å². The van der Waals surface area contributed by atoms with E-state index in [-0.39, 0.29) is 24.8 Å². The van der Waals surface area contributed by atoms with Crippen LogP contribution in [0.5, 0.6) is 0 Å². The second kappa shape index (κ2) is 5.36. The van der Waals surface area contributed by atoms with Gasteiger partial charge in [-0.3, -0.25) is 0 Å². The Kier molecular flexibility index (Phi) is 4.62. The molecule has 0 aromatic carbocycles. The topological polar surface area (TPSA) is 41.1 Å². The summed E-state index contributed by atoms with van der Waals surface area (Å²) in [5, 5.41) is 3.93. The van der Waals surface area contributed by atoms with Crippen molar-refractivity contribution < 1.29 is 0 Å². The number of piperazine rings is 1. The molecule has 4 rings (SSSR count). The van der Waals surface area contributed by atoms with Crippen molar-refractivity contribution in [2.45, 2.75) is 18.5 Å². The van der Waals surface area contributed by atoms with Crippen molar-refractivity contribution in [2.24, 2.45) is 0 Å². The number of rotatable bonds is 1. The van der Waals surface area contributed by atoms with E-state index in [4.69, 9.17) is 11.6 Å². The minimum Gasteiger partial charge on any atom is -0.352 e. The van der Waals surface area contributed by atoms with Gasteiger partial charge in [0.25, 0.3) is 0 Å². The molecule has 1 aromatic heterocycles. The van der Waals surface area contributed by atoms with Gasteiger partial charge in [-0.1, -0.05) is 11.6 Å². The molecule has 2 unspecified atom stereocenters. The lowest BCUT2D eigenvalue weighted by Gasteiger charge is -2.48. The fourth-order valence-electron chi connectivity index (χ4n) is 2.17. The average molecular weight is 284 g/mol. The van der Waals surface area contributed by atoms with E-state index in [0.717, 1.165) is 18.9 Å². The molecule has 3 aliphatic heterocycles. The predicted octanol–water partition coefficient (Wildman–Crippen LogP) is 1.52. The number of nitrogens with zero attached hydrogens (tertiary/aromatic N) is 3. The molecular weight excluding hydrogens is 270 g/mol. The van der Waals surface area contributed by atoms with E-state index in [1.165, 1.54) is 6.42 Å². The van der Waals surface area contributed by atoms with E-state index >= 15 is 0 Å². The third kappa shape index (κ3) is 2.51. The fraction of sp³-hybridized carbons (Fsp3) is 0.556. The first kappa shape index (κ1) is 13.8. The predicted molar refractivity (Wildman–Crippen MR) is 69.1 cm³/mol. The van der Waals surface area contributed by atoms with Gasteiger partial charge in [-0.15, -0.1) is 24.8 Å². The lowest BCUT2D eigenvalue weighted by Crippen LogP contribution is -2.67. The molecule has 1 aromatic rings. The molecule has 0 amide bonds. The van der Waals surface area contributed by atoms with Gasteiger partial charge in [0, 0.05) is 25.2 Å². The molecular formula is C9H13Cl3N4. The molecule has 4 nitrogen and oxygen atoms in total. The number of hydrogen-bond donors (Lipinski definition) is 1. The van der Waals surface area contributed by atoms with E-state index in [0.29, 0.717) is 17.2 Å². The van der Waals surface area contributed by atoms with Crippen LogP contribution in [0.4, 0.5) is 5.82 Å². The van der Waals surface area contributed by atoms with E-state index in [2.05, 4.69) is 20.2 Å². The zero-order valence-electron chi connectivity index (χ0n) is 8.47. The van der Waals surface area contributed by atoms with Crippen molar-refractivity contribution in [3.63, 3.8) is 0 Å². The Bertz CT molecular complexity index is 329. The molecule has 0 aliphatic carbocycles. The van der Waals surface area contributed by atoms with Gasteiger partial charge in [0.1, 0.15) is 11.0 Å². The maximum Gasteiger partial charge on any atom is 0.147 e. The van der Waals surface area contributed by atoms with Crippen molar-refractivity contribution in [3.05, 3.63) is 17.5 Å². The van der Waals surface area contributed by atoms with Crippen molar-refractivity contribution in [3.8, 4) is 0 Å². The molecule has 0 spiro atoms. The lowest BCUT2D eigenvalue weighted by molar-refractivity contribution is 0.225. The summed E-state index contributed by atoms with van der Waals surface area (Å²) >= 11 is 5.68. The SMILES string of the molecule is Cl.Cl.Clc1cnc(N2CC3CC(C2)N3)cn1. The largest absolute Gasteiger partial charge is 0.352 e. The highest BCUT2D eigenvalue weighted by Gasteiger charge is 2.36. The number of fused-ring (bicyclic) bond motifs is 2. The van der Waals surface area contributed by atoms with Crippen LogP contribution in [0.25, 0.3) is 0 Å². The fourth-order valence-corrected chi connectivity index (χ4v) is 2.27. The monoisotopic (exact) mass is 282 g/mol. The molecule has 0 saturated carbocycles. The summed E-state index contributed by atoms with van der Waals surface area (Å²) in [6.45, 7) is 2.07. The Morgan fingerprint density at radius 1 is 1.19 bits per heavy atom. The van der Waals surface area contributed by atoms with Crippen LogP contribution in [0.15, 0.2) is 12.4 Å². The Labute approximate surface area is 112 Å². The summed E-state index contributed by atoms with van der Waals surface area (Å²) in [5.41, 5.74) is 0. The van der Waals surface area contributed by atoms with E-state index < -0.39 is 0 Å². The van der Waals surface area contributed by atoms with E-state index in [9.17, 15) is 0 Å². The van der Waals surface area contributed by atoms with Gasteiger partial charge < -0.3 is 10.2 Å². The molecule has 16 heavy (non-hydrogen) atoms. The molecule has 1 N–H and O–H groups in total. The van der Waals surface area contributed by atoms with Crippen LogP contribution >= 0.6 is 36.4 Å². The van der Waals surface area contributed by atoms with Crippen LogP contribution in [-0.2, 0) is 0 Å². The van der Waals surface area contributed by atoms with Gasteiger partial charge >= 0.3 is 0 Å². The summed E-state index contributed by atoms with van der Waals surface area (Å²) in [4.78, 5) is 10.6. The van der Waals surface area contributed by atoms with Crippen LogP contribution in [0, 0.1) is 0 Å². The molecule has 2 bridgehead atoms. The molecule has 3 aliphatic rings. The van der Waals surface area contributed by atoms with Crippen molar-refractivity contribution in [2.75, 3.05) is 18.0 Å². The van der Waals surface area contributed by atoms with Gasteiger partial charge in [-0.2, -0.15) is 0 Å².